The molecule has 0 bridgehead atoms. The molecule has 1 fully saturated rings. The first-order chi connectivity index (χ1) is 6.99. The van der Waals surface area contributed by atoms with Gasteiger partial charge < -0.3 is 5.11 Å². The van der Waals surface area contributed by atoms with Crippen LogP contribution in [0.25, 0.3) is 0 Å². The van der Waals surface area contributed by atoms with Crippen molar-refractivity contribution >= 4 is 0 Å². The Kier molecular flexibility index (Phi) is 2.59. The number of benzene rings is 1. The minimum atomic E-state index is -0.501. The predicted octanol–water partition coefficient (Wildman–Crippen LogP) is 3.01. The predicted molar refractivity (Wildman–Crippen MR) is 63.0 cm³/mol. The van der Waals surface area contributed by atoms with Crippen LogP contribution in [0.2, 0.25) is 0 Å². The van der Waals surface area contributed by atoms with E-state index in [1.165, 1.54) is 29.5 Å². The van der Waals surface area contributed by atoms with Crippen LogP contribution in [0.1, 0.15) is 36.5 Å². The lowest BCUT2D eigenvalue weighted by molar-refractivity contribution is 0.0370. The van der Waals surface area contributed by atoms with Gasteiger partial charge in [-0.25, -0.2) is 0 Å². The minimum Gasteiger partial charge on any atom is -0.390 e. The molecule has 0 saturated heterocycles. The van der Waals surface area contributed by atoms with Crippen LogP contribution in [0.5, 0.6) is 0 Å². The van der Waals surface area contributed by atoms with Gasteiger partial charge in [-0.05, 0) is 50.7 Å². The Balaban J connectivity index is 2.19. The highest BCUT2D eigenvalue weighted by atomic mass is 16.3. The van der Waals surface area contributed by atoms with E-state index in [1.807, 2.05) is 6.92 Å². The fourth-order valence-corrected chi connectivity index (χ4v) is 2.23. The van der Waals surface area contributed by atoms with Crippen molar-refractivity contribution in [2.75, 3.05) is 0 Å². The first kappa shape index (κ1) is 10.7. The zero-order valence-electron chi connectivity index (χ0n) is 9.88. The Morgan fingerprint density at radius 2 is 2.00 bits per heavy atom. The van der Waals surface area contributed by atoms with Gasteiger partial charge in [-0.2, -0.15) is 0 Å². The van der Waals surface area contributed by atoms with Crippen molar-refractivity contribution < 1.29 is 5.11 Å². The van der Waals surface area contributed by atoms with E-state index in [2.05, 4.69) is 32.0 Å². The van der Waals surface area contributed by atoms with E-state index in [-0.39, 0.29) is 0 Å². The second-order valence-corrected chi connectivity index (χ2v) is 5.24. The van der Waals surface area contributed by atoms with E-state index in [1.54, 1.807) is 0 Å². The molecular formula is C14H20O. The number of aliphatic hydroxyl groups is 1. The second-order valence-electron chi connectivity index (χ2n) is 5.24. The summed E-state index contributed by atoms with van der Waals surface area (Å²) < 4.78 is 0. The van der Waals surface area contributed by atoms with Crippen LogP contribution in [-0.4, -0.2) is 10.7 Å². The molecule has 82 valence electrons. The van der Waals surface area contributed by atoms with Crippen LogP contribution in [0.3, 0.4) is 0 Å². The average molecular weight is 204 g/mol. The molecule has 15 heavy (non-hydrogen) atoms. The van der Waals surface area contributed by atoms with Gasteiger partial charge in [0.25, 0.3) is 0 Å². The highest BCUT2D eigenvalue weighted by Gasteiger charge is 2.39. The van der Waals surface area contributed by atoms with E-state index in [0.717, 1.165) is 6.42 Å². The van der Waals surface area contributed by atoms with Crippen LogP contribution in [-0.2, 0) is 6.42 Å². The van der Waals surface area contributed by atoms with Gasteiger partial charge in [-0.1, -0.05) is 23.8 Å². The zero-order chi connectivity index (χ0) is 11.1. The highest BCUT2D eigenvalue weighted by Crippen LogP contribution is 2.41. The summed E-state index contributed by atoms with van der Waals surface area (Å²) in [6, 6.07) is 6.48. The Hall–Kier alpha value is -0.820. The lowest BCUT2D eigenvalue weighted by Gasteiger charge is -2.24. The van der Waals surface area contributed by atoms with Crippen LogP contribution in [0.15, 0.2) is 18.2 Å². The van der Waals surface area contributed by atoms with Gasteiger partial charge in [0.1, 0.15) is 0 Å². The maximum atomic E-state index is 10.3. The van der Waals surface area contributed by atoms with Crippen LogP contribution < -0.4 is 0 Å². The molecule has 1 aliphatic rings. The van der Waals surface area contributed by atoms with Crippen LogP contribution in [0, 0.1) is 19.8 Å². The molecule has 0 spiro atoms. The lowest BCUT2D eigenvalue weighted by atomic mass is 9.89. The molecule has 1 nitrogen and oxygen atoms in total. The summed E-state index contributed by atoms with van der Waals surface area (Å²) in [7, 11) is 0. The van der Waals surface area contributed by atoms with Crippen LogP contribution in [0.4, 0.5) is 0 Å². The monoisotopic (exact) mass is 204 g/mol. The van der Waals surface area contributed by atoms with Crippen molar-refractivity contribution in [3.05, 3.63) is 34.9 Å². The van der Waals surface area contributed by atoms with Gasteiger partial charge in [0.2, 0.25) is 0 Å². The van der Waals surface area contributed by atoms with Crippen molar-refractivity contribution in [2.24, 2.45) is 5.92 Å². The Morgan fingerprint density at radius 3 is 2.60 bits per heavy atom. The van der Waals surface area contributed by atoms with Gasteiger partial charge >= 0.3 is 0 Å². The van der Waals surface area contributed by atoms with E-state index in [9.17, 15) is 5.11 Å². The molecule has 1 N–H and O–H groups in total. The molecule has 1 aromatic carbocycles. The first-order valence-electron chi connectivity index (χ1n) is 5.77. The SMILES string of the molecule is Cc1ccc(C)c(CC(C)(O)C2CC2)c1. The van der Waals surface area contributed by atoms with E-state index in [4.69, 9.17) is 0 Å². The molecule has 0 radical (unpaired) electrons. The normalized spacial score (nSPS) is 20.0. The third-order valence-corrected chi connectivity index (χ3v) is 3.51. The van der Waals surface area contributed by atoms with Gasteiger partial charge in [-0.3, -0.25) is 0 Å². The van der Waals surface area contributed by atoms with E-state index < -0.39 is 5.60 Å². The number of hydrogen-bond acceptors (Lipinski definition) is 1. The molecule has 1 unspecified atom stereocenters. The standard InChI is InChI=1S/C14H20O/c1-10-4-5-11(2)12(8-10)9-14(3,15)13-6-7-13/h4-5,8,13,15H,6-7,9H2,1-3H3. The summed E-state index contributed by atoms with van der Waals surface area (Å²) in [5.41, 5.74) is 3.37. The third-order valence-electron chi connectivity index (χ3n) is 3.51. The maximum absolute atomic E-state index is 10.3. The second kappa shape index (κ2) is 3.64. The van der Waals surface area contributed by atoms with Gasteiger partial charge in [0.05, 0.1) is 5.60 Å². The molecule has 0 aliphatic heterocycles. The summed E-state index contributed by atoms with van der Waals surface area (Å²) >= 11 is 0. The fourth-order valence-electron chi connectivity index (χ4n) is 2.23. The summed E-state index contributed by atoms with van der Waals surface area (Å²) in [6.07, 6.45) is 3.18. The van der Waals surface area contributed by atoms with Gasteiger partial charge in [0, 0.05) is 6.42 Å². The minimum absolute atomic E-state index is 0.501. The van der Waals surface area contributed by atoms with Crippen molar-refractivity contribution in [1.29, 1.82) is 0 Å². The molecule has 0 amide bonds. The molecule has 1 aliphatic carbocycles. The van der Waals surface area contributed by atoms with Gasteiger partial charge in [-0.15, -0.1) is 0 Å². The maximum Gasteiger partial charge on any atom is 0.0688 e. The molecule has 2 rings (SSSR count). The lowest BCUT2D eigenvalue weighted by Crippen LogP contribution is -2.30. The van der Waals surface area contributed by atoms with Gasteiger partial charge in [0.15, 0.2) is 0 Å². The average Bonchev–Trinajstić information content (AvgIpc) is 2.93. The largest absolute Gasteiger partial charge is 0.390 e. The number of hydrogen-bond donors (Lipinski definition) is 1. The van der Waals surface area contributed by atoms with Crippen molar-refractivity contribution in [1.82, 2.24) is 0 Å². The summed E-state index contributed by atoms with van der Waals surface area (Å²) in [6.45, 7) is 6.21. The summed E-state index contributed by atoms with van der Waals surface area (Å²) in [5.74, 6) is 0.525. The first-order valence-corrected chi connectivity index (χ1v) is 5.77. The quantitative estimate of drug-likeness (QED) is 0.802. The van der Waals surface area contributed by atoms with Crippen LogP contribution >= 0.6 is 0 Å². The van der Waals surface area contributed by atoms with Crippen molar-refractivity contribution in [3.8, 4) is 0 Å². The molecule has 1 atom stereocenters. The van der Waals surface area contributed by atoms with E-state index >= 15 is 0 Å². The number of aryl methyl sites for hydroxylation is 2. The summed E-state index contributed by atoms with van der Waals surface area (Å²) in [4.78, 5) is 0. The Labute approximate surface area is 92.1 Å². The molecule has 0 aromatic heterocycles. The molecular weight excluding hydrogens is 184 g/mol. The Morgan fingerprint density at radius 1 is 1.33 bits per heavy atom. The zero-order valence-corrected chi connectivity index (χ0v) is 9.88. The molecule has 0 heterocycles. The molecule has 1 saturated carbocycles. The fraction of sp³-hybridized carbons (Fsp3) is 0.571. The smallest absolute Gasteiger partial charge is 0.0688 e. The molecule has 1 heteroatoms. The van der Waals surface area contributed by atoms with Crippen molar-refractivity contribution in [2.45, 2.75) is 45.6 Å². The Bertz CT molecular complexity index is 362. The topological polar surface area (TPSA) is 20.2 Å². The molecule has 1 aromatic rings. The highest BCUT2D eigenvalue weighted by molar-refractivity contribution is 5.31. The third kappa shape index (κ3) is 2.40. The number of rotatable bonds is 3. The van der Waals surface area contributed by atoms with E-state index in [0.29, 0.717) is 5.92 Å². The van der Waals surface area contributed by atoms with Crippen molar-refractivity contribution in [3.63, 3.8) is 0 Å². The summed E-state index contributed by atoms with van der Waals surface area (Å²) in [5, 5.41) is 10.3.